The van der Waals surface area contributed by atoms with E-state index in [1.807, 2.05) is 31.3 Å². The van der Waals surface area contributed by atoms with E-state index in [9.17, 15) is 4.79 Å². The number of likely N-dealkylation sites (N-methyl/N-ethyl adjacent to an activating group) is 1. The summed E-state index contributed by atoms with van der Waals surface area (Å²) in [5.74, 6) is 1.33. The van der Waals surface area contributed by atoms with Crippen LogP contribution < -0.4 is 14.8 Å². The van der Waals surface area contributed by atoms with Crippen LogP contribution in [0.3, 0.4) is 0 Å². The number of benzene rings is 1. The van der Waals surface area contributed by atoms with Gasteiger partial charge in [-0.15, -0.1) is 0 Å². The van der Waals surface area contributed by atoms with Gasteiger partial charge in [0.25, 0.3) is 5.91 Å². The summed E-state index contributed by atoms with van der Waals surface area (Å²) in [5.41, 5.74) is 0. The molecule has 0 bridgehead atoms. The number of nitrogens with one attached hydrogen (secondary N) is 1. The summed E-state index contributed by atoms with van der Waals surface area (Å²) in [6.45, 7) is 2.04. The molecule has 2 heterocycles. The molecule has 2 aliphatic heterocycles. The van der Waals surface area contributed by atoms with E-state index in [0.29, 0.717) is 17.5 Å². The highest BCUT2D eigenvalue weighted by Gasteiger charge is 2.30. The molecule has 0 unspecified atom stereocenters. The van der Waals surface area contributed by atoms with E-state index < -0.39 is 6.10 Å². The number of rotatable bonds is 3. The summed E-state index contributed by atoms with van der Waals surface area (Å²) in [7, 11) is 1.83. The fourth-order valence-electron chi connectivity index (χ4n) is 2.72. The molecule has 0 saturated carbocycles. The third kappa shape index (κ3) is 2.72. The van der Waals surface area contributed by atoms with Crippen LogP contribution >= 0.6 is 0 Å². The van der Waals surface area contributed by atoms with Gasteiger partial charge in [0.1, 0.15) is 6.61 Å². The number of hydrogen-bond acceptors (Lipinski definition) is 4. The predicted molar refractivity (Wildman–Crippen MR) is 75.0 cm³/mol. The SMILES string of the molecule is CN(C[C@@H]1CCCN1)C(=O)[C@H]1COc2ccccc2O1. The highest BCUT2D eigenvalue weighted by molar-refractivity contribution is 5.81. The normalized spacial score (nSPS) is 24.4. The Labute approximate surface area is 118 Å². The Balaban J connectivity index is 1.60. The van der Waals surface area contributed by atoms with E-state index >= 15 is 0 Å². The van der Waals surface area contributed by atoms with Gasteiger partial charge in [-0.25, -0.2) is 0 Å². The molecule has 20 heavy (non-hydrogen) atoms. The summed E-state index contributed by atoms with van der Waals surface area (Å²) in [5, 5.41) is 3.39. The average molecular weight is 276 g/mol. The third-order valence-electron chi connectivity index (χ3n) is 3.82. The highest BCUT2D eigenvalue weighted by Crippen LogP contribution is 2.31. The van der Waals surface area contributed by atoms with Crippen LogP contribution in [0.5, 0.6) is 11.5 Å². The monoisotopic (exact) mass is 276 g/mol. The van der Waals surface area contributed by atoms with Crippen LogP contribution in [0.1, 0.15) is 12.8 Å². The predicted octanol–water partition coefficient (Wildman–Crippen LogP) is 1.04. The zero-order valence-corrected chi connectivity index (χ0v) is 11.7. The van der Waals surface area contributed by atoms with Crippen LogP contribution in [-0.2, 0) is 4.79 Å². The molecule has 1 saturated heterocycles. The van der Waals surface area contributed by atoms with Gasteiger partial charge < -0.3 is 19.7 Å². The molecule has 0 spiro atoms. The summed E-state index contributed by atoms with van der Waals surface area (Å²) in [6, 6.07) is 7.85. The molecule has 3 rings (SSSR count). The minimum atomic E-state index is -0.545. The maximum atomic E-state index is 12.4. The molecule has 1 N–H and O–H groups in total. The van der Waals surface area contributed by atoms with Crippen molar-refractivity contribution < 1.29 is 14.3 Å². The van der Waals surface area contributed by atoms with E-state index in [-0.39, 0.29) is 12.5 Å². The van der Waals surface area contributed by atoms with E-state index in [0.717, 1.165) is 19.5 Å². The van der Waals surface area contributed by atoms with Crippen molar-refractivity contribution in [1.29, 1.82) is 0 Å². The van der Waals surface area contributed by atoms with Crippen molar-refractivity contribution in [2.24, 2.45) is 0 Å². The van der Waals surface area contributed by atoms with Gasteiger partial charge in [-0.1, -0.05) is 12.1 Å². The van der Waals surface area contributed by atoms with Crippen LogP contribution in [0, 0.1) is 0 Å². The molecule has 108 valence electrons. The van der Waals surface area contributed by atoms with Crippen LogP contribution in [0.2, 0.25) is 0 Å². The van der Waals surface area contributed by atoms with Gasteiger partial charge in [0.15, 0.2) is 11.5 Å². The first kappa shape index (κ1) is 13.2. The van der Waals surface area contributed by atoms with Gasteiger partial charge >= 0.3 is 0 Å². The lowest BCUT2D eigenvalue weighted by Crippen LogP contribution is -2.48. The van der Waals surface area contributed by atoms with Crippen molar-refractivity contribution in [3.63, 3.8) is 0 Å². The van der Waals surface area contributed by atoms with Crippen LogP contribution in [0.4, 0.5) is 0 Å². The van der Waals surface area contributed by atoms with Crippen LogP contribution in [-0.4, -0.2) is 49.7 Å². The number of ether oxygens (including phenoxy) is 2. The van der Waals surface area contributed by atoms with Crippen LogP contribution in [0.15, 0.2) is 24.3 Å². The zero-order valence-electron chi connectivity index (χ0n) is 11.7. The quantitative estimate of drug-likeness (QED) is 0.896. The maximum absolute atomic E-state index is 12.4. The van der Waals surface area contributed by atoms with E-state index in [4.69, 9.17) is 9.47 Å². The van der Waals surface area contributed by atoms with E-state index in [1.165, 1.54) is 6.42 Å². The standard InChI is InChI=1S/C15H20N2O3/c1-17(9-11-5-4-8-16-11)15(18)14-10-19-12-6-2-3-7-13(12)20-14/h2-3,6-7,11,14,16H,4-5,8-10H2,1H3/t11-,14+/m0/s1. The smallest absolute Gasteiger partial charge is 0.267 e. The molecule has 1 amide bonds. The lowest BCUT2D eigenvalue weighted by molar-refractivity contribution is -0.140. The summed E-state index contributed by atoms with van der Waals surface area (Å²) >= 11 is 0. The van der Waals surface area contributed by atoms with Gasteiger partial charge in [0.2, 0.25) is 6.10 Å². The first-order valence-corrected chi connectivity index (χ1v) is 7.11. The molecule has 1 aromatic rings. The largest absolute Gasteiger partial charge is 0.485 e. The summed E-state index contributed by atoms with van der Waals surface area (Å²) in [4.78, 5) is 14.1. The maximum Gasteiger partial charge on any atom is 0.267 e. The lowest BCUT2D eigenvalue weighted by atomic mass is 10.2. The molecule has 2 aliphatic rings. The minimum absolute atomic E-state index is 0.0202. The number of nitrogens with zero attached hydrogens (tertiary/aromatic N) is 1. The second-order valence-electron chi connectivity index (χ2n) is 5.38. The molecule has 0 aromatic heterocycles. The topological polar surface area (TPSA) is 50.8 Å². The number of amides is 1. The fourth-order valence-corrected chi connectivity index (χ4v) is 2.72. The first-order valence-electron chi connectivity index (χ1n) is 7.11. The first-order chi connectivity index (χ1) is 9.74. The van der Waals surface area contributed by atoms with Gasteiger partial charge in [-0.3, -0.25) is 4.79 Å². The van der Waals surface area contributed by atoms with Crippen molar-refractivity contribution in [3.05, 3.63) is 24.3 Å². The van der Waals surface area contributed by atoms with Gasteiger partial charge in [-0.2, -0.15) is 0 Å². The summed E-state index contributed by atoms with van der Waals surface area (Å²) < 4.78 is 11.3. The van der Waals surface area contributed by atoms with Gasteiger partial charge in [-0.05, 0) is 31.5 Å². The molecule has 0 aliphatic carbocycles. The molecule has 1 aromatic carbocycles. The fraction of sp³-hybridized carbons (Fsp3) is 0.533. The minimum Gasteiger partial charge on any atom is -0.485 e. The Hall–Kier alpha value is -1.75. The molecular weight excluding hydrogens is 256 g/mol. The van der Waals surface area contributed by atoms with Crippen molar-refractivity contribution in [2.75, 3.05) is 26.7 Å². The third-order valence-corrected chi connectivity index (χ3v) is 3.82. The molecule has 1 fully saturated rings. The van der Waals surface area contributed by atoms with E-state index in [2.05, 4.69) is 5.32 Å². The van der Waals surface area contributed by atoms with E-state index in [1.54, 1.807) is 4.90 Å². The number of fused-ring (bicyclic) bond motifs is 1. The Morgan fingerprint density at radius 2 is 2.20 bits per heavy atom. The number of para-hydroxylation sites is 2. The molecular formula is C15H20N2O3. The van der Waals surface area contributed by atoms with Crippen molar-refractivity contribution in [2.45, 2.75) is 25.0 Å². The van der Waals surface area contributed by atoms with Gasteiger partial charge in [0, 0.05) is 19.6 Å². The number of hydrogen-bond donors (Lipinski definition) is 1. The number of carbonyl (C=O) groups is 1. The highest BCUT2D eigenvalue weighted by atomic mass is 16.6. The van der Waals surface area contributed by atoms with Gasteiger partial charge in [0.05, 0.1) is 0 Å². The number of carbonyl (C=O) groups excluding carboxylic acids is 1. The molecule has 5 nitrogen and oxygen atoms in total. The van der Waals surface area contributed by atoms with Crippen LogP contribution in [0.25, 0.3) is 0 Å². The molecule has 5 heteroatoms. The Morgan fingerprint density at radius 3 is 2.95 bits per heavy atom. The second kappa shape index (κ2) is 5.71. The Bertz CT molecular complexity index is 486. The Kier molecular flexibility index (Phi) is 3.78. The van der Waals surface area contributed by atoms with Crippen molar-refractivity contribution >= 4 is 5.91 Å². The zero-order chi connectivity index (χ0) is 13.9. The second-order valence-corrected chi connectivity index (χ2v) is 5.38. The molecule has 2 atom stereocenters. The molecule has 0 radical (unpaired) electrons. The summed E-state index contributed by atoms with van der Waals surface area (Å²) in [6.07, 6.45) is 1.77. The van der Waals surface area contributed by atoms with Crippen molar-refractivity contribution in [1.82, 2.24) is 10.2 Å². The average Bonchev–Trinajstić information content (AvgIpc) is 2.99. The lowest BCUT2D eigenvalue weighted by Gasteiger charge is -2.30. The Morgan fingerprint density at radius 1 is 1.40 bits per heavy atom. The van der Waals surface area contributed by atoms with Crippen molar-refractivity contribution in [3.8, 4) is 11.5 Å².